The van der Waals surface area contributed by atoms with E-state index in [1.165, 1.54) is 10.6 Å². The van der Waals surface area contributed by atoms with Gasteiger partial charge >= 0.3 is 0 Å². The molecule has 170 valence electrons. The molecule has 0 saturated heterocycles. The molecule has 0 amide bonds. The van der Waals surface area contributed by atoms with Gasteiger partial charge in [-0.2, -0.15) is 0 Å². The second-order valence-corrected chi connectivity index (χ2v) is 8.83. The zero-order valence-electron chi connectivity index (χ0n) is 18.3. The lowest BCUT2D eigenvalue weighted by Crippen LogP contribution is -2.31. The number of benzene rings is 1. The molecule has 1 atom stereocenters. The van der Waals surface area contributed by atoms with Crippen LogP contribution < -0.4 is 5.56 Å². The Hall–Kier alpha value is -3.52. The standard InChI is InChI=1S/C25H19Cl2N5O2/c1-31-14-28-13-21(31)25(34,15-6-8-17(26)9-7-15)16-10-19-18(20-4-3-5-22(27)30-20)11-23(33)32(2)24(19)29-12-16/h3-14,34H,1-2H3/t25-/m1/s1. The number of rotatable bonds is 4. The van der Waals surface area contributed by atoms with E-state index in [1.807, 2.05) is 13.1 Å². The van der Waals surface area contributed by atoms with E-state index < -0.39 is 5.60 Å². The molecule has 7 nitrogen and oxygen atoms in total. The highest BCUT2D eigenvalue weighted by Gasteiger charge is 2.37. The molecule has 9 heteroatoms. The number of aromatic nitrogens is 5. The van der Waals surface area contributed by atoms with E-state index in [9.17, 15) is 9.90 Å². The number of fused-ring (bicyclic) bond motifs is 1. The third-order valence-corrected chi connectivity index (χ3v) is 6.39. The van der Waals surface area contributed by atoms with Crippen molar-refractivity contribution in [3.63, 3.8) is 0 Å². The summed E-state index contributed by atoms with van der Waals surface area (Å²) in [6.07, 6.45) is 4.80. The minimum absolute atomic E-state index is 0.232. The highest BCUT2D eigenvalue weighted by Crippen LogP contribution is 2.38. The fourth-order valence-electron chi connectivity index (χ4n) is 4.15. The van der Waals surface area contributed by atoms with Crippen molar-refractivity contribution in [2.45, 2.75) is 5.60 Å². The Bertz CT molecular complexity index is 1590. The van der Waals surface area contributed by atoms with Gasteiger partial charge in [-0.3, -0.25) is 9.36 Å². The van der Waals surface area contributed by atoms with Gasteiger partial charge in [0.2, 0.25) is 0 Å². The van der Waals surface area contributed by atoms with E-state index >= 15 is 0 Å². The molecule has 0 fully saturated rings. The zero-order chi connectivity index (χ0) is 24.0. The van der Waals surface area contributed by atoms with Crippen LogP contribution in [0.2, 0.25) is 10.2 Å². The quantitative estimate of drug-likeness (QED) is 0.378. The molecule has 0 aliphatic rings. The van der Waals surface area contributed by atoms with E-state index in [2.05, 4.69) is 15.0 Å². The fraction of sp³-hybridized carbons (Fsp3) is 0.120. The van der Waals surface area contributed by atoms with Gasteiger partial charge in [0.15, 0.2) is 5.60 Å². The van der Waals surface area contributed by atoms with E-state index in [0.717, 1.165) is 0 Å². The summed E-state index contributed by atoms with van der Waals surface area (Å²) >= 11 is 12.2. The maximum absolute atomic E-state index is 12.7. The Balaban J connectivity index is 1.84. The van der Waals surface area contributed by atoms with Crippen molar-refractivity contribution >= 4 is 34.2 Å². The molecule has 5 aromatic rings. The normalized spacial score (nSPS) is 13.2. The Morgan fingerprint density at radius 2 is 1.74 bits per heavy atom. The lowest BCUT2D eigenvalue weighted by Gasteiger charge is -2.30. The van der Waals surface area contributed by atoms with Crippen molar-refractivity contribution in [2.75, 3.05) is 0 Å². The number of hydrogen-bond donors (Lipinski definition) is 1. The average molecular weight is 492 g/mol. The number of aliphatic hydroxyl groups is 1. The molecule has 0 aliphatic heterocycles. The van der Waals surface area contributed by atoms with Crippen molar-refractivity contribution in [1.82, 2.24) is 24.1 Å². The lowest BCUT2D eigenvalue weighted by molar-refractivity contribution is 0.117. The first-order valence-electron chi connectivity index (χ1n) is 10.4. The molecule has 0 saturated carbocycles. The summed E-state index contributed by atoms with van der Waals surface area (Å²) in [5.41, 5.74) is 1.36. The number of hydrogen-bond acceptors (Lipinski definition) is 5. The predicted octanol–water partition coefficient (Wildman–Crippen LogP) is 4.32. The van der Waals surface area contributed by atoms with Crippen molar-refractivity contribution in [3.8, 4) is 11.3 Å². The van der Waals surface area contributed by atoms with Crippen LogP contribution in [0, 0.1) is 0 Å². The van der Waals surface area contributed by atoms with Crippen LogP contribution in [0.25, 0.3) is 22.3 Å². The summed E-state index contributed by atoms with van der Waals surface area (Å²) in [6.45, 7) is 0. The zero-order valence-corrected chi connectivity index (χ0v) is 19.8. The van der Waals surface area contributed by atoms with Crippen molar-refractivity contribution in [2.24, 2.45) is 14.1 Å². The summed E-state index contributed by atoms with van der Waals surface area (Å²) in [5.74, 6) is 0. The predicted molar refractivity (Wildman–Crippen MR) is 132 cm³/mol. The maximum Gasteiger partial charge on any atom is 0.252 e. The topological polar surface area (TPSA) is 85.8 Å². The van der Waals surface area contributed by atoms with E-state index in [1.54, 1.807) is 72.8 Å². The van der Waals surface area contributed by atoms with Gasteiger partial charge in [-0.15, -0.1) is 0 Å². The SMILES string of the molecule is Cn1cncc1[C@@](O)(c1ccc(Cl)cc1)c1cnc2c(c1)c(-c1cccc(Cl)n1)cc(=O)n2C. The number of imidazole rings is 1. The summed E-state index contributed by atoms with van der Waals surface area (Å²) in [5, 5.41) is 13.7. The molecular formula is C25H19Cl2N5O2. The Morgan fingerprint density at radius 1 is 0.971 bits per heavy atom. The van der Waals surface area contributed by atoms with Gasteiger partial charge in [-0.1, -0.05) is 41.4 Å². The number of halogens is 2. The monoisotopic (exact) mass is 491 g/mol. The molecule has 5 rings (SSSR count). The smallest absolute Gasteiger partial charge is 0.252 e. The number of pyridine rings is 3. The minimum Gasteiger partial charge on any atom is -0.374 e. The third-order valence-electron chi connectivity index (χ3n) is 5.93. The average Bonchev–Trinajstić information content (AvgIpc) is 3.27. The Morgan fingerprint density at radius 3 is 2.41 bits per heavy atom. The van der Waals surface area contributed by atoms with Gasteiger partial charge in [0.05, 0.1) is 23.9 Å². The molecule has 0 radical (unpaired) electrons. The first-order chi connectivity index (χ1) is 16.3. The van der Waals surface area contributed by atoms with Crippen molar-refractivity contribution < 1.29 is 5.11 Å². The van der Waals surface area contributed by atoms with Crippen LogP contribution in [-0.4, -0.2) is 29.2 Å². The van der Waals surface area contributed by atoms with Gasteiger partial charge in [0.25, 0.3) is 5.56 Å². The molecular weight excluding hydrogens is 473 g/mol. The first-order valence-corrected chi connectivity index (χ1v) is 11.1. The fourth-order valence-corrected chi connectivity index (χ4v) is 4.44. The van der Waals surface area contributed by atoms with E-state index in [-0.39, 0.29) is 5.56 Å². The first kappa shape index (κ1) is 22.3. The summed E-state index contributed by atoms with van der Waals surface area (Å²) < 4.78 is 3.21. The lowest BCUT2D eigenvalue weighted by atomic mass is 9.83. The molecule has 0 unspecified atom stereocenters. The Kier molecular flexibility index (Phi) is 5.48. The van der Waals surface area contributed by atoms with Crippen molar-refractivity contribution in [1.29, 1.82) is 0 Å². The van der Waals surface area contributed by atoms with Crippen LogP contribution >= 0.6 is 23.2 Å². The molecule has 1 N–H and O–H groups in total. The van der Waals surface area contributed by atoms with Crippen LogP contribution in [0.15, 0.2) is 78.1 Å². The molecule has 0 aliphatic carbocycles. The largest absolute Gasteiger partial charge is 0.374 e. The van der Waals surface area contributed by atoms with Crippen LogP contribution in [0.4, 0.5) is 0 Å². The molecule has 34 heavy (non-hydrogen) atoms. The molecule has 0 spiro atoms. The van der Waals surface area contributed by atoms with Gasteiger partial charge < -0.3 is 9.67 Å². The Labute approximate surface area is 204 Å². The van der Waals surface area contributed by atoms with Crippen LogP contribution in [0.5, 0.6) is 0 Å². The third kappa shape index (κ3) is 3.58. The maximum atomic E-state index is 12.7. The second-order valence-electron chi connectivity index (χ2n) is 8.00. The van der Waals surface area contributed by atoms with Crippen LogP contribution in [0.3, 0.4) is 0 Å². The molecule has 4 aromatic heterocycles. The second kappa shape index (κ2) is 8.36. The van der Waals surface area contributed by atoms with Crippen LogP contribution in [0.1, 0.15) is 16.8 Å². The van der Waals surface area contributed by atoms with Gasteiger partial charge in [-0.25, -0.2) is 15.0 Å². The van der Waals surface area contributed by atoms with Gasteiger partial charge in [0, 0.05) is 47.9 Å². The summed E-state index contributed by atoms with van der Waals surface area (Å²) in [4.78, 5) is 25.8. The van der Waals surface area contributed by atoms with Gasteiger partial charge in [0.1, 0.15) is 10.8 Å². The van der Waals surface area contributed by atoms with Gasteiger partial charge in [-0.05, 0) is 35.9 Å². The summed E-state index contributed by atoms with van der Waals surface area (Å²) in [6, 6.07) is 15.5. The highest BCUT2D eigenvalue weighted by atomic mass is 35.5. The minimum atomic E-state index is -1.59. The van der Waals surface area contributed by atoms with Crippen molar-refractivity contribution in [3.05, 3.63) is 111 Å². The number of nitrogens with zero attached hydrogens (tertiary/aromatic N) is 5. The molecule has 1 aromatic carbocycles. The molecule has 0 bridgehead atoms. The van der Waals surface area contributed by atoms with Crippen LogP contribution in [-0.2, 0) is 19.7 Å². The highest BCUT2D eigenvalue weighted by molar-refractivity contribution is 6.30. The molecule has 4 heterocycles. The van der Waals surface area contributed by atoms with E-state index in [0.29, 0.717) is 49.3 Å². The summed E-state index contributed by atoms with van der Waals surface area (Å²) in [7, 11) is 3.46. The number of aryl methyl sites for hydroxylation is 2. The van der Waals surface area contributed by atoms with E-state index in [4.69, 9.17) is 23.2 Å².